The van der Waals surface area contributed by atoms with Gasteiger partial charge in [0.15, 0.2) is 0 Å². The second-order valence-corrected chi connectivity index (χ2v) is 4.94. The van der Waals surface area contributed by atoms with Crippen LogP contribution in [0.3, 0.4) is 0 Å². The lowest BCUT2D eigenvalue weighted by Crippen LogP contribution is -2.23. The predicted octanol–water partition coefficient (Wildman–Crippen LogP) is 3.07. The van der Waals surface area contributed by atoms with Gasteiger partial charge in [-0.1, -0.05) is 6.92 Å². The second kappa shape index (κ2) is 5.64. The van der Waals surface area contributed by atoms with Crippen molar-refractivity contribution in [1.82, 2.24) is 4.98 Å². The van der Waals surface area contributed by atoms with Gasteiger partial charge in [0.05, 0.1) is 10.6 Å². The molecule has 0 radical (unpaired) electrons. The highest BCUT2D eigenvalue weighted by Gasteiger charge is 2.26. The van der Waals surface area contributed by atoms with Crippen molar-refractivity contribution in [3.63, 3.8) is 0 Å². The number of halogens is 1. The molecule has 1 aromatic rings. The first-order valence-corrected chi connectivity index (χ1v) is 6.56. The zero-order valence-corrected chi connectivity index (χ0v) is 11.0. The van der Waals surface area contributed by atoms with Crippen LogP contribution in [0, 0.1) is 5.92 Å². The number of nitrogens with one attached hydrogen (secondary N) is 1. The molecule has 0 bridgehead atoms. The average Bonchev–Trinajstić information content (AvgIpc) is 2.75. The molecule has 0 aliphatic carbocycles. The molecule has 1 aliphatic heterocycles. The summed E-state index contributed by atoms with van der Waals surface area (Å²) in [5.74, 6) is 1.53. The molecule has 16 heavy (non-hydrogen) atoms. The second-order valence-electron chi connectivity index (χ2n) is 4.08. The Morgan fingerprint density at radius 1 is 1.62 bits per heavy atom. The Morgan fingerprint density at radius 2 is 2.50 bits per heavy atom. The normalized spacial score (nSPS) is 24.6. The molecule has 2 atom stereocenters. The van der Waals surface area contributed by atoms with Crippen molar-refractivity contribution in [2.24, 2.45) is 5.92 Å². The summed E-state index contributed by atoms with van der Waals surface area (Å²) in [6.07, 6.45) is 4.45. The summed E-state index contributed by atoms with van der Waals surface area (Å²) in [6, 6.07) is 3.92. The molecule has 3 nitrogen and oxygen atoms in total. The fourth-order valence-electron chi connectivity index (χ4n) is 2.12. The van der Waals surface area contributed by atoms with Crippen molar-refractivity contribution < 1.29 is 4.74 Å². The summed E-state index contributed by atoms with van der Waals surface area (Å²) in [4.78, 5) is 4.29. The molecule has 2 rings (SSSR count). The number of ether oxygens (including phenoxy) is 1. The minimum Gasteiger partial charge on any atom is -0.378 e. The quantitative estimate of drug-likeness (QED) is 0.923. The SMILES string of the molecule is CCC1OCCC1CNc1ncccc1Br. The molecule has 2 unspecified atom stereocenters. The Balaban J connectivity index is 1.90. The lowest BCUT2D eigenvalue weighted by atomic mass is 10.00. The van der Waals surface area contributed by atoms with Crippen LogP contribution in [0.5, 0.6) is 0 Å². The molecule has 88 valence electrons. The van der Waals surface area contributed by atoms with Crippen molar-refractivity contribution in [2.45, 2.75) is 25.9 Å². The molecule has 0 aromatic carbocycles. The Morgan fingerprint density at radius 3 is 3.25 bits per heavy atom. The third kappa shape index (κ3) is 2.74. The van der Waals surface area contributed by atoms with E-state index in [1.54, 1.807) is 6.20 Å². The third-order valence-corrected chi connectivity index (χ3v) is 3.68. The van der Waals surface area contributed by atoms with Gasteiger partial charge in [-0.25, -0.2) is 4.98 Å². The van der Waals surface area contributed by atoms with Crippen molar-refractivity contribution in [1.29, 1.82) is 0 Å². The summed E-state index contributed by atoms with van der Waals surface area (Å²) < 4.78 is 6.68. The smallest absolute Gasteiger partial charge is 0.140 e. The molecule has 1 N–H and O–H groups in total. The molecule has 1 fully saturated rings. The van der Waals surface area contributed by atoms with Crippen LogP contribution >= 0.6 is 15.9 Å². The maximum Gasteiger partial charge on any atom is 0.140 e. The maximum absolute atomic E-state index is 5.66. The molecule has 0 saturated carbocycles. The van der Waals surface area contributed by atoms with E-state index >= 15 is 0 Å². The fraction of sp³-hybridized carbons (Fsp3) is 0.583. The average molecular weight is 285 g/mol. The molecule has 2 heterocycles. The van der Waals surface area contributed by atoms with Gasteiger partial charge < -0.3 is 10.1 Å². The van der Waals surface area contributed by atoms with Gasteiger partial charge >= 0.3 is 0 Å². The van der Waals surface area contributed by atoms with E-state index in [-0.39, 0.29) is 0 Å². The summed E-state index contributed by atoms with van der Waals surface area (Å²) in [5.41, 5.74) is 0. The molecule has 1 aliphatic rings. The van der Waals surface area contributed by atoms with Gasteiger partial charge in [-0.3, -0.25) is 0 Å². The van der Waals surface area contributed by atoms with Gasteiger partial charge in [0, 0.05) is 25.3 Å². The third-order valence-electron chi connectivity index (χ3n) is 3.04. The van der Waals surface area contributed by atoms with E-state index in [9.17, 15) is 0 Å². The standard InChI is InChI=1S/C12H17BrN2O/c1-2-11-9(5-7-16-11)8-15-12-10(13)4-3-6-14-12/h3-4,6,9,11H,2,5,7-8H2,1H3,(H,14,15). The van der Waals surface area contributed by atoms with Gasteiger partial charge in [0.2, 0.25) is 0 Å². The Hall–Kier alpha value is -0.610. The number of aromatic nitrogens is 1. The lowest BCUT2D eigenvalue weighted by molar-refractivity contribution is 0.0900. The predicted molar refractivity (Wildman–Crippen MR) is 68.6 cm³/mol. The fourth-order valence-corrected chi connectivity index (χ4v) is 2.52. The van der Waals surface area contributed by atoms with E-state index in [1.165, 1.54) is 0 Å². The number of pyridine rings is 1. The van der Waals surface area contributed by atoms with Crippen molar-refractivity contribution in [3.05, 3.63) is 22.8 Å². The largest absolute Gasteiger partial charge is 0.378 e. The van der Waals surface area contributed by atoms with Crippen LogP contribution in [-0.4, -0.2) is 24.2 Å². The highest BCUT2D eigenvalue weighted by Crippen LogP contribution is 2.25. The monoisotopic (exact) mass is 284 g/mol. The number of nitrogens with zero attached hydrogens (tertiary/aromatic N) is 1. The van der Waals surface area contributed by atoms with Gasteiger partial charge in [-0.15, -0.1) is 0 Å². The minimum absolute atomic E-state index is 0.412. The van der Waals surface area contributed by atoms with E-state index in [4.69, 9.17) is 4.74 Å². The van der Waals surface area contributed by atoms with E-state index in [0.29, 0.717) is 12.0 Å². The number of anilines is 1. The van der Waals surface area contributed by atoms with Gasteiger partial charge in [0.25, 0.3) is 0 Å². The van der Waals surface area contributed by atoms with E-state index < -0.39 is 0 Å². The number of rotatable bonds is 4. The van der Waals surface area contributed by atoms with Gasteiger partial charge in [-0.05, 0) is 40.9 Å². The molecule has 0 spiro atoms. The number of hydrogen-bond donors (Lipinski definition) is 1. The zero-order chi connectivity index (χ0) is 11.4. The van der Waals surface area contributed by atoms with Crippen LogP contribution in [0.1, 0.15) is 19.8 Å². The summed E-state index contributed by atoms with van der Waals surface area (Å²) in [5, 5.41) is 3.38. The van der Waals surface area contributed by atoms with Crippen LogP contribution in [0.4, 0.5) is 5.82 Å². The van der Waals surface area contributed by atoms with Crippen molar-refractivity contribution >= 4 is 21.7 Å². The first-order chi connectivity index (χ1) is 7.81. The van der Waals surface area contributed by atoms with Crippen LogP contribution in [0.25, 0.3) is 0 Å². The van der Waals surface area contributed by atoms with Crippen LogP contribution in [0.15, 0.2) is 22.8 Å². The maximum atomic E-state index is 5.66. The first kappa shape index (κ1) is 11.9. The Labute approximate surface area is 105 Å². The van der Waals surface area contributed by atoms with Crippen LogP contribution < -0.4 is 5.32 Å². The van der Waals surface area contributed by atoms with Gasteiger partial charge in [0.1, 0.15) is 5.82 Å². The molecule has 1 aromatic heterocycles. The van der Waals surface area contributed by atoms with E-state index in [2.05, 4.69) is 33.2 Å². The first-order valence-electron chi connectivity index (χ1n) is 5.77. The van der Waals surface area contributed by atoms with Crippen LogP contribution in [-0.2, 0) is 4.74 Å². The van der Waals surface area contributed by atoms with E-state index in [1.807, 2.05) is 12.1 Å². The van der Waals surface area contributed by atoms with E-state index in [0.717, 1.165) is 36.3 Å². The van der Waals surface area contributed by atoms with Crippen molar-refractivity contribution in [2.75, 3.05) is 18.5 Å². The highest BCUT2D eigenvalue weighted by atomic mass is 79.9. The molecular weight excluding hydrogens is 268 g/mol. The molecule has 4 heteroatoms. The lowest BCUT2D eigenvalue weighted by Gasteiger charge is -2.17. The Bertz CT molecular complexity index is 346. The molecule has 1 saturated heterocycles. The summed E-state index contributed by atoms with van der Waals surface area (Å²) in [6.45, 7) is 4.02. The summed E-state index contributed by atoms with van der Waals surface area (Å²) in [7, 11) is 0. The topological polar surface area (TPSA) is 34.1 Å². The van der Waals surface area contributed by atoms with Gasteiger partial charge in [-0.2, -0.15) is 0 Å². The summed E-state index contributed by atoms with van der Waals surface area (Å²) >= 11 is 3.48. The van der Waals surface area contributed by atoms with Crippen molar-refractivity contribution in [3.8, 4) is 0 Å². The molecular formula is C12H17BrN2O. The Kier molecular flexibility index (Phi) is 4.18. The highest BCUT2D eigenvalue weighted by molar-refractivity contribution is 9.10. The molecule has 0 amide bonds. The zero-order valence-electron chi connectivity index (χ0n) is 9.45. The minimum atomic E-state index is 0.412. The van der Waals surface area contributed by atoms with Crippen LogP contribution in [0.2, 0.25) is 0 Å². The number of hydrogen-bond acceptors (Lipinski definition) is 3.